The number of carbonyl (C=O) groups excluding carboxylic acids is 5. The largest absolute Gasteiger partial charge is 0.394 e. The Hall–Kier alpha value is -3.22. The van der Waals surface area contributed by atoms with Crippen LogP contribution in [0.4, 0.5) is 0 Å². The molecule has 2 aliphatic rings. The number of hydrogen-bond donors (Lipinski definition) is 6. The number of nitrogens with one attached hydrogen (secondary N) is 4. The minimum absolute atomic E-state index is 0.121. The van der Waals surface area contributed by atoms with Crippen LogP contribution in [0.2, 0.25) is 0 Å². The Kier molecular flexibility index (Phi) is 9.84. The molecule has 6 unspecified atom stereocenters. The minimum atomic E-state index is -1.35. The summed E-state index contributed by atoms with van der Waals surface area (Å²) in [6.07, 6.45) is 0.153. The molecule has 6 atom stereocenters. The summed E-state index contributed by atoms with van der Waals surface area (Å²) in [6.45, 7) is 0.319. The van der Waals surface area contributed by atoms with Crippen molar-refractivity contribution in [3.8, 4) is 0 Å². The zero-order chi connectivity index (χ0) is 27.1. The molecular weight excluding hydrogens is 506 g/mol. The maximum absolute atomic E-state index is 13.2. The van der Waals surface area contributed by atoms with Crippen LogP contribution in [-0.2, 0) is 24.0 Å². The van der Waals surface area contributed by atoms with Crippen molar-refractivity contribution in [1.29, 1.82) is 0 Å². The number of halogens is 1. The smallest absolute Gasteiger partial charge is 0.248 e. The number of fused-ring (bicyclic) bond motifs is 1. The number of amides is 5. The maximum Gasteiger partial charge on any atom is 0.248 e. The van der Waals surface area contributed by atoms with Crippen LogP contribution in [0, 0.1) is 0 Å². The van der Waals surface area contributed by atoms with Gasteiger partial charge in [0.15, 0.2) is 0 Å². The summed E-state index contributed by atoms with van der Waals surface area (Å²) in [7, 11) is 0. The quantitative estimate of drug-likeness (QED) is 0.248. The van der Waals surface area contributed by atoms with Crippen LogP contribution in [0.1, 0.15) is 37.8 Å². The molecule has 202 valence electrons. The number of aliphatic hydroxyl groups is 2. The molecule has 0 aromatic heterocycles. The predicted octanol–water partition coefficient (Wildman–Crippen LogP) is -1.70. The molecule has 1 aromatic rings. The Bertz CT molecular complexity index is 1010. The average molecular weight is 538 g/mol. The SMILES string of the molecule is CCC1NC(=O)C2C(Cl)CCN2C(=O)C(CO)NC(=O)CC(c2ccccc2)NC(=O)C(CO)NC1=O. The Morgan fingerprint density at radius 2 is 1.49 bits per heavy atom. The normalized spacial score (nSPS) is 30.2. The van der Waals surface area contributed by atoms with Gasteiger partial charge in [0, 0.05) is 6.54 Å². The van der Waals surface area contributed by atoms with Crippen LogP contribution in [0.25, 0.3) is 0 Å². The summed E-state index contributed by atoms with van der Waals surface area (Å²) < 4.78 is 0. The van der Waals surface area contributed by atoms with Gasteiger partial charge in [0.25, 0.3) is 0 Å². The van der Waals surface area contributed by atoms with Gasteiger partial charge in [0.05, 0.1) is 31.1 Å². The maximum atomic E-state index is 13.2. The van der Waals surface area contributed by atoms with Crippen molar-refractivity contribution in [3.63, 3.8) is 0 Å². The molecule has 0 spiro atoms. The average Bonchev–Trinajstić information content (AvgIpc) is 3.29. The minimum Gasteiger partial charge on any atom is -0.394 e. The summed E-state index contributed by atoms with van der Waals surface area (Å²) in [5.74, 6) is -3.47. The first-order chi connectivity index (χ1) is 17.7. The number of nitrogens with zero attached hydrogens (tertiary/aromatic N) is 1. The molecule has 1 aromatic carbocycles. The molecule has 3 rings (SSSR count). The van der Waals surface area contributed by atoms with E-state index in [4.69, 9.17) is 11.6 Å². The van der Waals surface area contributed by atoms with Crippen LogP contribution in [0.3, 0.4) is 0 Å². The van der Waals surface area contributed by atoms with E-state index in [0.717, 1.165) is 0 Å². The first-order valence-electron chi connectivity index (χ1n) is 12.1. The van der Waals surface area contributed by atoms with E-state index in [0.29, 0.717) is 12.0 Å². The van der Waals surface area contributed by atoms with E-state index in [1.54, 1.807) is 37.3 Å². The third kappa shape index (κ3) is 6.76. The highest BCUT2D eigenvalue weighted by Crippen LogP contribution is 2.25. The Labute approximate surface area is 219 Å². The monoisotopic (exact) mass is 537 g/mol. The Morgan fingerprint density at radius 3 is 2.11 bits per heavy atom. The molecule has 6 N–H and O–H groups in total. The third-order valence-corrected chi connectivity index (χ3v) is 6.91. The molecule has 5 amide bonds. The highest BCUT2D eigenvalue weighted by molar-refractivity contribution is 6.23. The summed E-state index contributed by atoms with van der Waals surface area (Å²) in [6, 6.07) is 2.81. The lowest BCUT2D eigenvalue weighted by Gasteiger charge is -2.31. The van der Waals surface area contributed by atoms with Crippen molar-refractivity contribution in [1.82, 2.24) is 26.2 Å². The number of aliphatic hydroxyl groups excluding tert-OH is 2. The molecule has 37 heavy (non-hydrogen) atoms. The first-order valence-corrected chi connectivity index (χ1v) is 12.5. The lowest BCUT2D eigenvalue weighted by molar-refractivity contribution is -0.143. The Morgan fingerprint density at radius 1 is 0.865 bits per heavy atom. The molecule has 2 fully saturated rings. The first kappa shape index (κ1) is 28.4. The zero-order valence-electron chi connectivity index (χ0n) is 20.4. The fourth-order valence-electron chi connectivity index (χ4n) is 4.42. The van der Waals surface area contributed by atoms with Crippen LogP contribution in [-0.4, -0.2) is 94.0 Å². The van der Waals surface area contributed by atoms with Gasteiger partial charge >= 0.3 is 0 Å². The third-order valence-electron chi connectivity index (χ3n) is 6.46. The molecule has 0 radical (unpaired) electrons. The number of hydrogen-bond acceptors (Lipinski definition) is 7. The molecule has 2 aliphatic heterocycles. The summed E-state index contributed by atoms with van der Waals surface area (Å²) in [4.78, 5) is 66.3. The van der Waals surface area contributed by atoms with E-state index in [1.165, 1.54) is 4.90 Å². The van der Waals surface area contributed by atoms with Crippen molar-refractivity contribution in [3.05, 3.63) is 35.9 Å². The fourth-order valence-corrected chi connectivity index (χ4v) is 4.77. The van der Waals surface area contributed by atoms with Gasteiger partial charge in [-0.05, 0) is 18.4 Å². The number of alkyl halides is 1. The summed E-state index contributed by atoms with van der Waals surface area (Å²) in [5.41, 5.74) is 0.574. The van der Waals surface area contributed by atoms with Crippen LogP contribution in [0.15, 0.2) is 30.3 Å². The standard InChI is InChI=1S/C24H32ClN5O7/c1-2-15-21(34)29-17(11-31)22(35)28-16(13-6-4-3-5-7-13)10-19(33)26-18(12-32)24(37)30-9-8-14(25)20(30)23(36)27-15/h3-7,14-18,20,31-32H,2,8-12H2,1H3,(H,26,33)(H,27,36)(H,28,35)(H,29,34). The van der Waals surface area contributed by atoms with Crippen molar-refractivity contribution in [2.24, 2.45) is 0 Å². The second-order valence-electron chi connectivity index (χ2n) is 8.97. The van der Waals surface area contributed by atoms with Gasteiger partial charge in [-0.3, -0.25) is 24.0 Å². The predicted molar refractivity (Wildman–Crippen MR) is 132 cm³/mol. The second-order valence-corrected chi connectivity index (χ2v) is 9.53. The highest BCUT2D eigenvalue weighted by Gasteiger charge is 2.44. The molecule has 0 aliphatic carbocycles. The lowest BCUT2D eigenvalue weighted by Crippen LogP contribution is -2.60. The van der Waals surface area contributed by atoms with Crippen LogP contribution < -0.4 is 21.3 Å². The molecule has 2 saturated heterocycles. The van der Waals surface area contributed by atoms with Crippen LogP contribution in [0.5, 0.6) is 0 Å². The van der Waals surface area contributed by atoms with E-state index in [1.807, 2.05) is 0 Å². The van der Waals surface area contributed by atoms with E-state index in [9.17, 15) is 34.2 Å². The zero-order valence-corrected chi connectivity index (χ0v) is 21.1. The van der Waals surface area contributed by atoms with Gasteiger partial charge in [0.1, 0.15) is 24.2 Å². The van der Waals surface area contributed by atoms with Crippen molar-refractivity contribution < 1.29 is 34.2 Å². The number of rotatable bonds is 4. The highest BCUT2D eigenvalue weighted by atomic mass is 35.5. The van der Waals surface area contributed by atoms with Crippen LogP contribution >= 0.6 is 11.6 Å². The molecule has 13 heteroatoms. The van der Waals surface area contributed by atoms with Gasteiger partial charge in [0.2, 0.25) is 29.5 Å². The number of carbonyl (C=O) groups is 5. The van der Waals surface area contributed by atoms with Gasteiger partial charge < -0.3 is 36.4 Å². The van der Waals surface area contributed by atoms with E-state index < -0.39 is 78.3 Å². The summed E-state index contributed by atoms with van der Waals surface area (Å²) >= 11 is 6.35. The van der Waals surface area contributed by atoms with E-state index in [-0.39, 0.29) is 19.4 Å². The fraction of sp³-hybridized carbons (Fsp3) is 0.542. The van der Waals surface area contributed by atoms with E-state index >= 15 is 0 Å². The van der Waals surface area contributed by atoms with Crippen molar-refractivity contribution >= 4 is 41.1 Å². The summed E-state index contributed by atoms with van der Waals surface area (Å²) in [5, 5.41) is 29.1. The topological polar surface area (TPSA) is 177 Å². The van der Waals surface area contributed by atoms with Gasteiger partial charge in [-0.1, -0.05) is 37.3 Å². The second kappa shape index (κ2) is 12.8. The lowest BCUT2D eigenvalue weighted by atomic mass is 10.0. The molecule has 2 heterocycles. The van der Waals surface area contributed by atoms with Gasteiger partial charge in [-0.15, -0.1) is 11.6 Å². The molecule has 0 saturated carbocycles. The van der Waals surface area contributed by atoms with E-state index in [2.05, 4.69) is 21.3 Å². The number of benzene rings is 1. The Balaban J connectivity index is 1.98. The van der Waals surface area contributed by atoms with Gasteiger partial charge in [-0.25, -0.2) is 0 Å². The van der Waals surface area contributed by atoms with Crippen molar-refractivity contribution in [2.45, 2.75) is 61.8 Å². The van der Waals surface area contributed by atoms with Crippen molar-refractivity contribution in [2.75, 3.05) is 19.8 Å². The molecule has 12 nitrogen and oxygen atoms in total. The molecular formula is C24H32ClN5O7. The molecule has 0 bridgehead atoms. The van der Waals surface area contributed by atoms with Gasteiger partial charge in [-0.2, -0.15) is 0 Å².